The number of aliphatic hydroxyl groups excluding tert-OH is 1. The number of carbonyl (C=O) groups excluding carboxylic acids is 1. The van der Waals surface area contributed by atoms with Crippen LogP contribution in [0.25, 0.3) is 33.3 Å². The van der Waals surface area contributed by atoms with E-state index >= 15 is 0 Å². The second-order valence-electron chi connectivity index (χ2n) is 15.6. The molecular formula is C43H58IrNO2Si-. The number of carbonyl (C=O) groups is 1. The molecule has 1 heterocycles. The van der Waals surface area contributed by atoms with Crippen molar-refractivity contribution in [2.75, 3.05) is 0 Å². The van der Waals surface area contributed by atoms with Crippen molar-refractivity contribution in [2.24, 2.45) is 10.8 Å². The molecule has 1 N–H and O–H groups in total. The molecule has 1 radical (unpaired) electrons. The summed E-state index contributed by atoms with van der Waals surface area (Å²) in [7, 11) is -1.41. The van der Waals surface area contributed by atoms with Gasteiger partial charge in [-0.05, 0) is 54.0 Å². The van der Waals surface area contributed by atoms with Crippen molar-refractivity contribution < 1.29 is 30.0 Å². The molecular weight excluding hydrogens is 783 g/mol. The van der Waals surface area contributed by atoms with E-state index in [4.69, 9.17) is 4.98 Å². The van der Waals surface area contributed by atoms with Gasteiger partial charge in [0.25, 0.3) is 0 Å². The van der Waals surface area contributed by atoms with Crippen LogP contribution in [0.5, 0.6) is 0 Å². The standard InChI is InChI=1S/C28H30NSi.C15H28O2.Ir/c1-28(2,3)22-14-12-21(13-15-22)27-19-24(20-10-8-7-9-11-20)25-18-23(30(4,5)6)16-17-26(25)29-27;1-7-14(5,8-2)12(16)11-13(17)15(6,9-3)10-4;/h7-12,14-19H,1-6H3;11,16H,7-10H2,1-6H3;/q-1;;/b;12-11-;. The van der Waals surface area contributed by atoms with Crippen LogP contribution in [0.2, 0.25) is 19.6 Å². The van der Waals surface area contributed by atoms with Gasteiger partial charge in [-0.3, -0.25) is 9.78 Å². The van der Waals surface area contributed by atoms with Gasteiger partial charge in [-0.15, -0.1) is 35.4 Å². The molecule has 0 atom stereocenters. The Hall–Kier alpha value is -2.85. The van der Waals surface area contributed by atoms with Crippen molar-refractivity contribution in [3.05, 3.63) is 96.3 Å². The molecule has 5 heteroatoms. The van der Waals surface area contributed by atoms with Gasteiger partial charge in [0.2, 0.25) is 0 Å². The molecule has 0 fully saturated rings. The molecule has 4 aromatic rings. The Morgan fingerprint density at radius 3 is 1.88 bits per heavy atom. The molecule has 3 nitrogen and oxygen atoms in total. The number of nitrogens with zero attached hydrogens (tertiary/aromatic N) is 1. The van der Waals surface area contributed by atoms with Crippen molar-refractivity contribution >= 4 is 29.9 Å². The third-order valence-corrected chi connectivity index (χ3v) is 12.4. The van der Waals surface area contributed by atoms with E-state index in [1.807, 2.05) is 41.5 Å². The molecule has 0 saturated heterocycles. The van der Waals surface area contributed by atoms with Crippen LogP contribution in [-0.4, -0.2) is 23.9 Å². The summed E-state index contributed by atoms with van der Waals surface area (Å²) in [6.45, 7) is 26.0. The van der Waals surface area contributed by atoms with Crippen LogP contribution < -0.4 is 5.19 Å². The van der Waals surface area contributed by atoms with Gasteiger partial charge in [0.15, 0.2) is 5.78 Å². The van der Waals surface area contributed by atoms with Crippen molar-refractivity contribution in [3.63, 3.8) is 0 Å². The molecule has 0 aliphatic rings. The number of allylic oxidation sites excluding steroid dienone is 2. The van der Waals surface area contributed by atoms with Crippen LogP contribution >= 0.6 is 0 Å². The fourth-order valence-electron chi connectivity index (χ4n) is 5.42. The molecule has 0 saturated carbocycles. The summed E-state index contributed by atoms with van der Waals surface area (Å²) in [6.07, 6.45) is 4.75. The Labute approximate surface area is 306 Å². The minimum atomic E-state index is -1.41. The minimum Gasteiger partial charge on any atom is -0.512 e. The summed E-state index contributed by atoms with van der Waals surface area (Å²) >= 11 is 0. The molecule has 0 unspecified atom stereocenters. The molecule has 0 aliphatic heterocycles. The molecule has 261 valence electrons. The smallest absolute Gasteiger partial charge is 0.164 e. The molecule has 1 aromatic heterocycles. The van der Waals surface area contributed by atoms with Crippen molar-refractivity contribution in [2.45, 2.75) is 113 Å². The van der Waals surface area contributed by atoms with Crippen LogP contribution in [-0.2, 0) is 30.3 Å². The van der Waals surface area contributed by atoms with Gasteiger partial charge in [0.1, 0.15) is 5.76 Å². The van der Waals surface area contributed by atoms with Gasteiger partial charge in [-0.2, -0.15) is 0 Å². The summed E-state index contributed by atoms with van der Waals surface area (Å²) in [5.74, 6) is 0.286. The monoisotopic (exact) mass is 841 g/mol. The SMILES string of the molecule is CC(C)(C)c1c[c-]c(-c2cc(-c3ccccc3)c3cc([Si](C)(C)C)ccc3n2)cc1.CCC(C)(CC)C(=O)/C=C(\O)C(C)(CC)CC.[Ir]. The third kappa shape index (κ3) is 9.86. The Morgan fingerprint density at radius 2 is 1.40 bits per heavy atom. The van der Waals surface area contributed by atoms with E-state index < -0.39 is 8.07 Å². The number of rotatable bonds is 10. The van der Waals surface area contributed by atoms with E-state index in [1.165, 1.54) is 33.3 Å². The summed E-state index contributed by atoms with van der Waals surface area (Å²) in [5, 5.41) is 12.8. The van der Waals surface area contributed by atoms with Gasteiger partial charge >= 0.3 is 0 Å². The molecule has 0 amide bonds. The molecule has 4 rings (SSSR count). The first kappa shape index (κ1) is 41.3. The predicted molar refractivity (Wildman–Crippen MR) is 206 cm³/mol. The zero-order valence-corrected chi connectivity index (χ0v) is 34.9. The zero-order chi connectivity index (χ0) is 35.2. The van der Waals surface area contributed by atoms with E-state index in [1.54, 1.807) is 0 Å². The molecule has 0 bridgehead atoms. The van der Waals surface area contributed by atoms with E-state index in [2.05, 4.69) is 119 Å². The Morgan fingerprint density at radius 1 is 0.812 bits per heavy atom. The maximum atomic E-state index is 12.2. The summed E-state index contributed by atoms with van der Waals surface area (Å²) in [4.78, 5) is 17.2. The fourth-order valence-corrected chi connectivity index (χ4v) is 6.58. The first-order valence-corrected chi connectivity index (χ1v) is 20.9. The van der Waals surface area contributed by atoms with Crippen LogP contribution in [0, 0.1) is 16.9 Å². The largest absolute Gasteiger partial charge is 0.512 e. The number of hydrogen-bond acceptors (Lipinski definition) is 3. The van der Waals surface area contributed by atoms with E-state index in [0.29, 0.717) is 0 Å². The van der Waals surface area contributed by atoms with Crippen LogP contribution in [0.1, 0.15) is 93.6 Å². The Kier molecular flexibility index (Phi) is 14.4. The zero-order valence-electron chi connectivity index (χ0n) is 31.5. The van der Waals surface area contributed by atoms with Crippen molar-refractivity contribution in [3.8, 4) is 22.4 Å². The van der Waals surface area contributed by atoms with E-state index in [0.717, 1.165) is 42.5 Å². The van der Waals surface area contributed by atoms with Crippen molar-refractivity contribution in [1.29, 1.82) is 0 Å². The maximum Gasteiger partial charge on any atom is 0.164 e. The average molecular weight is 841 g/mol. The topological polar surface area (TPSA) is 50.2 Å². The number of benzene rings is 3. The van der Waals surface area contributed by atoms with Crippen LogP contribution in [0.3, 0.4) is 0 Å². The maximum absolute atomic E-state index is 12.2. The van der Waals surface area contributed by atoms with E-state index in [-0.39, 0.29) is 47.9 Å². The first-order chi connectivity index (χ1) is 21.9. The predicted octanol–water partition coefficient (Wildman–Crippen LogP) is 11.9. The first-order valence-electron chi connectivity index (χ1n) is 17.4. The van der Waals surface area contributed by atoms with Crippen LogP contribution in [0.15, 0.2) is 84.6 Å². The second kappa shape index (κ2) is 16.7. The number of ketones is 1. The van der Waals surface area contributed by atoms with Crippen molar-refractivity contribution in [1.82, 2.24) is 4.98 Å². The van der Waals surface area contributed by atoms with Gasteiger partial charge in [-0.1, -0.05) is 136 Å². The number of fused-ring (bicyclic) bond motifs is 1. The van der Waals surface area contributed by atoms with Crippen LogP contribution in [0.4, 0.5) is 0 Å². The number of aromatic nitrogens is 1. The quantitative estimate of drug-likeness (QED) is 0.0749. The Bertz CT molecular complexity index is 1670. The van der Waals surface area contributed by atoms with Gasteiger partial charge in [0.05, 0.1) is 13.6 Å². The summed E-state index contributed by atoms with van der Waals surface area (Å²) < 4.78 is 0. The number of hydrogen-bond donors (Lipinski definition) is 1. The summed E-state index contributed by atoms with van der Waals surface area (Å²) in [6, 6.07) is 29.7. The average Bonchev–Trinajstić information content (AvgIpc) is 3.06. The molecule has 3 aromatic carbocycles. The second-order valence-corrected chi connectivity index (χ2v) is 20.7. The summed E-state index contributed by atoms with van der Waals surface area (Å²) in [5.41, 5.74) is 6.33. The molecule has 0 spiro atoms. The van der Waals surface area contributed by atoms with Gasteiger partial charge < -0.3 is 5.11 Å². The number of pyridine rings is 1. The molecule has 48 heavy (non-hydrogen) atoms. The minimum absolute atomic E-state index is 0. The normalized spacial score (nSPS) is 12.6. The van der Waals surface area contributed by atoms with Gasteiger partial charge in [0, 0.05) is 42.4 Å². The van der Waals surface area contributed by atoms with E-state index in [9.17, 15) is 9.90 Å². The fraction of sp³-hybridized carbons (Fsp3) is 0.442. The van der Waals surface area contributed by atoms with Gasteiger partial charge in [-0.25, -0.2) is 0 Å². The third-order valence-electron chi connectivity index (χ3n) is 10.3. The number of aliphatic hydroxyl groups is 1. The Balaban J connectivity index is 0.000000384. The molecule has 0 aliphatic carbocycles.